The van der Waals surface area contributed by atoms with E-state index in [1.807, 2.05) is 0 Å². The van der Waals surface area contributed by atoms with E-state index in [2.05, 4.69) is 48.5 Å². The van der Waals surface area contributed by atoms with Crippen LogP contribution in [-0.4, -0.2) is 59.6 Å². The van der Waals surface area contributed by atoms with Gasteiger partial charge in [0.2, 0.25) is 0 Å². The predicted octanol–water partition coefficient (Wildman–Crippen LogP) is 2.60. The van der Waals surface area contributed by atoms with Gasteiger partial charge in [0.15, 0.2) is 5.96 Å². The zero-order valence-corrected chi connectivity index (χ0v) is 17.0. The van der Waals surface area contributed by atoms with E-state index in [1.54, 1.807) is 14.2 Å². The Hall–Kier alpha value is -1.79. The maximum Gasteiger partial charge on any atom is 0.190 e. The third-order valence-corrected chi connectivity index (χ3v) is 4.05. The molecule has 1 rings (SSSR count). The Morgan fingerprint density at radius 2 is 1.65 bits per heavy atom. The van der Waals surface area contributed by atoms with Crippen LogP contribution in [0.2, 0.25) is 0 Å². The monoisotopic (exact) mass is 365 g/mol. The summed E-state index contributed by atoms with van der Waals surface area (Å²) in [5.41, 5.74) is 3.72. The summed E-state index contributed by atoms with van der Waals surface area (Å²) in [7, 11) is 3.45. The highest BCUT2D eigenvalue weighted by Gasteiger charge is 2.04. The molecular weight excluding hydrogens is 330 g/mol. The van der Waals surface area contributed by atoms with E-state index in [9.17, 15) is 0 Å². The van der Waals surface area contributed by atoms with Crippen molar-refractivity contribution in [3.05, 3.63) is 28.8 Å². The molecule has 0 aliphatic rings. The van der Waals surface area contributed by atoms with Crippen LogP contribution in [0.3, 0.4) is 0 Å². The van der Waals surface area contributed by atoms with Crippen molar-refractivity contribution < 1.29 is 14.2 Å². The zero-order chi connectivity index (χ0) is 19.2. The Labute approximate surface area is 158 Å². The molecule has 0 saturated heterocycles. The van der Waals surface area contributed by atoms with Crippen molar-refractivity contribution in [2.24, 2.45) is 4.99 Å². The lowest BCUT2D eigenvalue weighted by atomic mass is 10.1. The Morgan fingerprint density at radius 1 is 0.962 bits per heavy atom. The number of aliphatic imine (C=N–C) groups is 1. The van der Waals surface area contributed by atoms with Crippen LogP contribution < -0.4 is 15.4 Å². The summed E-state index contributed by atoms with van der Waals surface area (Å²) in [5, 5.41) is 6.58. The van der Waals surface area contributed by atoms with Crippen LogP contribution >= 0.6 is 0 Å². The maximum atomic E-state index is 5.93. The van der Waals surface area contributed by atoms with Gasteiger partial charge in [-0.3, -0.25) is 4.99 Å². The third kappa shape index (κ3) is 9.06. The summed E-state index contributed by atoms with van der Waals surface area (Å²) in [6.45, 7) is 10.6. The third-order valence-electron chi connectivity index (χ3n) is 4.05. The molecule has 148 valence electrons. The number of hydrogen-bond acceptors (Lipinski definition) is 4. The topological polar surface area (TPSA) is 64.1 Å². The molecular formula is C20H35N3O3. The Morgan fingerprint density at radius 3 is 2.31 bits per heavy atom. The maximum absolute atomic E-state index is 5.93. The normalized spacial score (nSPS) is 11.5. The van der Waals surface area contributed by atoms with Crippen molar-refractivity contribution in [2.45, 2.75) is 33.6 Å². The average molecular weight is 366 g/mol. The van der Waals surface area contributed by atoms with Gasteiger partial charge >= 0.3 is 0 Å². The summed E-state index contributed by atoms with van der Waals surface area (Å²) < 4.78 is 16.3. The van der Waals surface area contributed by atoms with Crippen LogP contribution in [-0.2, 0) is 9.47 Å². The fourth-order valence-corrected chi connectivity index (χ4v) is 2.46. The number of aryl methyl sites for hydroxylation is 2. The highest BCUT2D eigenvalue weighted by atomic mass is 16.5. The van der Waals surface area contributed by atoms with Crippen LogP contribution in [0.4, 0.5) is 0 Å². The van der Waals surface area contributed by atoms with Gasteiger partial charge in [0.1, 0.15) is 5.75 Å². The molecule has 0 atom stereocenters. The van der Waals surface area contributed by atoms with Gasteiger partial charge in [-0.1, -0.05) is 6.07 Å². The van der Waals surface area contributed by atoms with Crippen molar-refractivity contribution in [3.8, 4) is 5.75 Å². The molecule has 0 saturated carbocycles. The molecule has 0 aliphatic heterocycles. The number of methoxy groups -OCH3 is 1. The summed E-state index contributed by atoms with van der Waals surface area (Å²) in [4.78, 5) is 4.22. The van der Waals surface area contributed by atoms with Gasteiger partial charge in [-0.25, -0.2) is 0 Å². The Balaban J connectivity index is 2.14. The van der Waals surface area contributed by atoms with Crippen LogP contribution in [0.5, 0.6) is 5.75 Å². The van der Waals surface area contributed by atoms with Crippen molar-refractivity contribution in [1.82, 2.24) is 10.6 Å². The molecule has 0 radical (unpaired) electrons. The van der Waals surface area contributed by atoms with E-state index in [1.165, 1.54) is 16.7 Å². The van der Waals surface area contributed by atoms with E-state index in [4.69, 9.17) is 14.2 Å². The number of benzene rings is 1. The largest absolute Gasteiger partial charge is 0.493 e. The zero-order valence-electron chi connectivity index (χ0n) is 17.0. The fourth-order valence-electron chi connectivity index (χ4n) is 2.46. The SMILES string of the molecule is CN=C(NCCCOCCOC)NCCCOc1cc(C)cc(C)c1C. The van der Waals surface area contributed by atoms with Crippen LogP contribution in [0, 0.1) is 20.8 Å². The molecule has 26 heavy (non-hydrogen) atoms. The van der Waals surface area contributed by atoms with Crippen molar-refractivity contribution >= 4 is 5.96 Å². The molecule has 0 spiro atoms. The van der Waals surface area contributed by atoms with Gasteiger partial charge in [0, 0.05) is 33.9 Å². The Bertz CT molecular complexity index is 547. The molecule has 2 N–H and O–H groups in total. The van der Waals surface area contributed by atoms with Gasteiger partial charge in [-0.05, 0) is 56.4 Å². The van der Waals surface area contributed by atoms with Crippen molar-refractivity contribution in [2.75, 3.05) is 53.7 Å². The molecule has 0 unspecified atom stereocenters. The number of guanidine groups is 1. The molecule has 0 amide bonds. The molecule has 0 heterocycles. The molecule has 1 aromatic rings. The number of rotatable bonds is 12. The van der Waals surface area contributed by atoms with Crippen LogP contribution in [0.25, 0.3) is 0 Å². The fraction of sp³-hybridized carbons (Fsp3) is 0.650. The quantitative estimate of drug-likeness (QED) is 0.339. The van der Waals surface area contributed by atoms with Gasteiger partial charge in [-0.15, -0.1) is 0 Å². The van der Waals surface area contributed by atoms with Gasteiger partial charge in [0.05, 0.1) is 19.8 Å². The lowest BCUT2D eigenvalue weighted by Gasteiger charge is -2.14. The predicted molar refractivity (Wildman–Crippen MR) is 107 cm³/mol. The molecule has 6 heteroatoms. The number of nitrogens with zero attached hydrogens (tertiary/aromatic N) is 1. The minimum atomic E-state index is 0.639. The summed E-state index contributed by atoms with van der Waals surface area (Å²) in [6, 6.07) is 4.28. The molecule has 0 fully saturated rings. The van der Waals surface area contributed by atoms with Crippen LogP contribution in [0.15, 0.2) is 17.1 Å². The second-order valence-corrected chi connectivity index (χ2v) is 6.29. The number of ether oxygens (including phenoxy) is 3. The lowest BCUT2D eigenvalue weighted by molar-refractivity contribution is 0.0698. The second-order valence-electron chi connectivity index (χ2n) is 6.29. The van der Waals surface area contributed by atoms with Crippen molar-refractivity contribution in [3.63, 3.8) is 0 Å². The van der Waals surface area contributed by atoms with E-state index < -0.39 is 0 Å². The smallest absolute Gasteiger partial charge is 0.190 e. The lowest BCUT2D eigenvalue weighted by Crippen LogP contribution is -2.38. The van der Waals surface area contributed by atoms with E-state index >= 15 is 0 Å². The molecule has 0 aliphatic carbocycles. The standard InChI is InChI=1S/C20H35N3O3/c1-16-14-17(2)18(3)19(15-16)26-11-7-9-23-20(21-4)22-8-6-10-25-13-12-24-5/h14-15H,6-13H2,1-5H3,(H2,21,22,23). The first-order valence-electron chi connectivity index (χ1n) is 9.30. The Kier molecular flexibility index (Phi) is 11.5. The van der Waals surface area contributed by atoms with Crippen LogP contribution in [0.1, 0.15) is 29.5 Å². The highest BCUT2D eigenvalue weighted by Crippen LogP contribution is 2.23. The number of hydrogen-bond donors (Lipinski definition) is 2. The first kappa shape index (κ1) is 22.3. The average Bonchev–Trinajstić information content (AvgIpc) is 2.62. The highest BCUT2D eigenvalue weighted by molar-refractivity contribution is 5.79. The molecule has 6 nitrogen and oxygen atoms in total. The van der Waals surface area contributed by atoms with Gasteiger partial charge < -0.3 is 24.8 Å². The first-order valence-corrected chi connectivity index (χ1v) is 9.30. The minimum absolute atomic E-state index is 0.639. The minimum Gasteiger partial charge on any atom is -0.493 e. The van der Waals surface area contributed by atoms with Crippen molar-refractivity contribution in [1.29, 1.82) is 0 Å². The van der Waals surface area contributed by atoms with E-state index in [0.717, 1.165) is 44.2 Å². The molecule has 1 aromatic carbocycles. The summed E-state index contributed by atoms with van der Waals surface area (Å²) >= 11 is 0. The summed E-state index contributed by atoms with van der Waals surface area (Å²) in [5.74, 6) is 1.79. The molecule has 0 bridgehead atoms. The van der Waals surface area contributed by atoms with E-state index in [-0.39, 0.29) is 0 Å². The second kappa shape index (κ2) is 13.4. The first-order chi connectivity index (χ1) is 12.6. The summed E-state index contributed by atoms with van der Waals surface area (Å²) in [6.07, 6.45) is 1.84. The van der Waals surface area contributed by atoms with E-state index in [0.29, 0.717) is 19.8 Å². The van der Waals surface area contributed by atoms with Gasteiger partial charge in [-0.2, -0.15) is 0 Å². The number of nitrogens with one attached hydrogen (secondary N) is 2. The van der Waals surface area contributed by atoms with Gasteiger partial charge in [0.25, 0.3) is 0 Å². The molecule has 0 aromatic heterocycles.